The van der Waals surface area contributed by atoms with Gasteiger partial charge in [0.15, 0.2) is 11.5 Å². The highest BCUT2D eigenvalue weighted by molar-refractivity contribution is 5.85. The van der Waals surface area contributed by atoms with E-state index >= 15 is 0 Å². The first-order chi connectivity index (χ1) is 14.7. The fourth-order valence-electron chi connectivity index (χ4n) is 5.14. The van der Waals surface area contributed by atoms with E-state index in [0.717, 1.165) is 73.4 Å². The molecule has 5 nitrogen and oxygen atoms in total. The number of halogens is 1. The minimum atomic E-state index is -0.167. The summed E-state index contributed by atoms with van der Waals surface area (Å²) in [5.41, 5.74) is 6.01. The quantitative estimate of drug-likeness (QED) is 0.616. The summed E-state index contributed by atoms with van der Waals surface area (Å²) < 4.78 is 25.9. The number of nitrogens with one attached hydrogen (secondary N) is 3. The zero-order chi connectivity index (χ0) is 20.1. The van der Waals surface area contributed by atoms with Crippen molar-refractivity contribution in [1.29, 1.82) is 0 Å². The molecule has 2 aromatic carbocycles. The molecule has 6 heteroatoms. The molecule has 0 radical (unpaired) electrons. The normalized spacial score (nSPS) is 21.9. The van der Waals surface area contributed by atoms with Crippen LogP contribution in [0.25, 0.3) is 10.9 Å². The van der Waals surface area contributed by atoms with E-state index in [1.54, 1.807) is 6.07 Å². The number of rotatable bonds is 4. The molecule has 156 valence electrons. The van der Waals surface area contributed by atoms with Crippen LogP contribution in [0.4, 0.5) is 10.1 Å². The van der Waals surface area contributed by atoms with Crippen molar-refractivity contribution in [3.05, 3.63) is 53.0 Å². The van der Waals surface area contributed by atoms with Gasteiger partial charge in [-0.2, -0.15) is 0 Å². The zero-order valence-electron chi connectivity index (χ0n) is 16.9. The standard InChI is InChI=1S/C24H26FN3O2/c25-16-3-5-21-19(10-16)18-9-14(1-4-20(18)28-21)11-26-12-17-13-29-24-22(30-17)6-2-15-7-8-27-23(15)24/h2-3,5-6,10,14,17,26-28H,1,4,7-9,11-13H2/t14-,17+/m1/s1. The molecule has 0 unspecified atom stereocenters. The van der Waals surface area contributed by atoms with E-state index in [1.165, 1.54) is 22.9 Å². The lowest BCUT2D eigenvalue weighted by Crippen LogP contribution is -2.40. The third-order valence-corrected chi connectivity index (χ3v) is 6.67. The molecule has 1 aromatic heterocycles. The van der Waals surface area contributed by atoms with Gasteiger partial charge in [-0.1, -0.05) is 6.07 Å². The molecule has 0 saturated carbocycles. The third-order valence-electron chi connectivity index (χ3n) is 6.67. The van der Waals surface area contributed by atoms with Gasteiger partial charge in [0.25, 0.3) is 0 Å². The first kappa shape index (κ1) is 18.1. The molecule has 6 rings (SSSR count). The minimum absolute atomic E-state index is 0.0123. The number of hydrogen-bond donors (Lipinski definition) is 3. The Balaban J connectivity index is 1.07. The van der Waals surface area contributed by atoms with Crippen LogP contribution in [-0.4, -0.2) is 37.3 Å². The first-order valence-electron chi connectivity index (χ1n) is 10.9. The third kappa shape index (κ3) is 3.10. The molecule has 0 spiro atoms. The van der Waals surface area contributed by atoms with Crippen LogP contribution in [0.3, 0.4) is 0 Å². The average molecular weight is 407 g/mol. The number of ether oxygens (including phenoxy) is 2. The van der Waals surface area contributed by atoms with Gasteiger partial charge in [-0.15, -0.1) is 0 Å². The van der Waals surface area contributed by atoms with Crippen molar-refractivity contribution in [2.24, 2.45) is 5.92 Å². The van der Waals surface area contributed by atoms with Gasteiger partial charge >= 0.3 is 0 Å². The monoisotopic (exact) mass is 407 g/mol. The molecule has 0 bridgehead atoms. The second-order valence-electron chi connectivity index (χ2n) is 8.69. The van der Waals surface area contributed by atoms with Crippen molar-refractivity contribution in [2.75, 3.05) is 31.6 Å². The van der Waals surface area contributed by atoms with Gasteiger partial charge in [-0.05, 0) is 73.5 Å². The van der Waals surface area contributed by atoms with E-state index in [2.05, 4.69) is 21.7 Å². The lowest BCUT2D eigenvalue weighted by atomic mass is 9.86. The van der Waals surface area contributed by atoms with Crippen molar-refractivity contribution in [3.8, 4) is 11.5 Å². The molecule has 1 aliphatic carbocycles. The summed E-state index contributed by atoms with van der Waals surface area (Å²) in [6.45, 7) is 3.22. The molecular formula is C24H26FN3O2. The van der Waals surface area contributed by atoms with Crippen molar-refractivity contribution < 1.29 is 13.9 Å². The highest BCUT2D eigenvalue weighted by atomic mass is 19.1. The smallest absolute Gasteiger partial charge is 0.184 e. The Hall–Kier alpha value is -2.73. The maximum absolute atomic E-state index is 13.7. The number of anilines is 1. The second-order valence-corrected chi connectivity index (χ2v) is 8.69. The van der Waals surface area contributed by atoms with Crippen molar-refractivity contribution in [1.82, 2.24) is 10.3 Å². The average Bonchev–Trinajstić information content (AvgIpc) is 3.38. The summed E-state index contributed by atoms with van der Waals surface area (Å²) in [6, 6.07) is 9.21. The van der Waals surface area contributed by atoms with E-state index in [0.29, 0.717) is 12.5 Å². The van der Waals surface area contributed by atoms with Crippen LogP contribution in [0.15, 0.2) is 30.3 Å². The Labute approximate surface area is 175 Å². The molecule has 3 aromatic rings. The van der Waals surface area contributed by atoms with Gasteiger partial charge < -0.3 is 25.1 Å². The molecule has 30 heavy (non-hydrogen) atoms. The van der Waals surface area contributed by atoms with Crippen LogP contribution in [0.5, 0.6) is 11.5 Å². The van der Waals surface area contributed by atoms with E-state index in [9.17, 15) is 4.39 Å². The SMILES string of the molecule is Fc1ccc2[nH]c3c(c2c1)C[C@H](CNC[C@H]1COc2c(ccc4c2NCC4)O1)CC3. The number of aryl methyl sites for hydroxylation is 1. The predicted molar refractivity (Wildman–Crippen MR) is 115 cm³/mol. The predicted octanol–water partition coefficient (Wildman–Crippen LogP) is 3.81. The maximum atomic E-state index is 13.7. The van der Waals surface area contributed by atoms with E-state index in [1.807, 2.05) is 12.1 Å². The van der Waals surface area contributed by atoms with Crippen LogP contribution in [0.1, 0.15) is 23.2 Å². The van der Waals surface area contributed by atoms with Crippen LogP contribution in [-0.2, 0) is 19.3 Å². The highest BCUT2D eigenvalue weighted by Crippen LogP contribution is 2.43. The largest absolute Gasteiger partial charge is 0.484 e. The maximum Gasteiger partial charge on any atom is 0.184 e. The molecule has 0 fully saturated rings. The van der Waals surface area contributed by atoms with Crippen LogP contribution < -0.4 is 20.1 Å². The Morgan fingerprint density at radius 2 is 2.10 bits per heavy atom. The van der Waals surface area contributed by atoms with Crippen molar-refractivity contribution in [2.45, 2.75) is 31.8 Å². The van der Waals surface area contributed by atoms with E-state index in [4.69, 9.17) is 9.47 Å². The van der Waals surface area contributed by atoms with Gasteiger partial charge in [0.2, 0.25) is 0 Å². The number of hydrogen-bond acceptors (Lipinski definition) is 4. The zero-order valence-corrected chi connectivity index (χ0v) is 16.9. The van der Waals surface area contributed by atoms with Gasteiger partial charge in [-0.25, -0.2) is 4.39 Å². The van der Waals surface area contributed by atoms with Gasteiger partial charge in [0, 0.05) is 29.7 Å². The lowest BCUT2D eigenvalue weighted by Gasteiger charge is -2.29. The number of benzene rings is 2. The van der Waals surface area contributed by atoms with Crippen LogP contribution in [0.2, 0.25) is 0 Å². The number of H-pyrrole nitrogens is 1. The number of aromatic amines is 1. The summed E-state index contributed by atoms with van der Waals surface area (Å²) in [6.07, 6.45) is 4.19. The first-order valence-corrected chi connectivity index (χ1v) is 10.9. The van der Waals surface area contributed by atoms with Gasteiger partial charge in [-0.3, -0.25) is 0 Å². The van der Waals surface area contributed by atoms with Crippen molar-refractivity contribution in [3.63, 3.8) is 0 Å². The number of aromatic nitrogens is 1. The molecule has 0 amide bonds. The summed E-state index contributed by atoms with van der Waals surface area (Å²) in [5, 5.41) is 8.03. The summed E-state index contributed by atoms with van der Waals surface area (Å²) in [4.78, 5) is 3.47. The molecule has 3 heterocycles. The Morgan fingerprint density at radius 3 is 3.07 bits per heavy atom. The second kappa shape index (κ2) is 7.20. The molecule has 3 N–H and O–H groups in total. The molecule has 3 aliphatic rings. The summed E-state index contributed by atoms with van der Waals surface area (Å²) in [5.74, 6) is 2.08. The van der Waals surface area contributed by atoms with Crippen molar-refractivity contribution >= 4 is 16.6 Å². The summed E-state index contributed by atoms with van der Waals surface area (Å²) >= 11 is 0. The van der Waals surface area contributed by atoms with Crippen LogP contribution in [0, 0.1) is 11.7 Å². The summed E-state index contributed by atoms with van der Waals surface area (Å²) in [7, 11) is 0. The van der Waals surface area contributed by atoms with Gasteiger partial charge in [0.1, 0.15) is 18.5 Å². The fraction of sp³-hybridized carbons (Fsp3) is 0.417. The topological polar surface area (TPSA) is 58.3 Å². The Kier molecular flexibility index (Phi) is 4.34. The van der Waals surface area contributed by atoms with E-state index in [-0.39, 0.29) is 11.9 Å². The number of fused-ring (bicyclic) bond motifs is 6. The highest BCUT2D eigenvalue weighted by Gasteiger charge is 2.27. The molecule has 0 saturated heterocycles. The van der Waals surface area contributed by atoms with E-state index < -0.39 is 0 Å². The van der Waals surface area contributed by atoms with Gasteiger partial charge in [0.05, 0.1) is 5.69 Å². The Morgan fingerprint density at radius 1 is 1.13 bits per heavy atom. The molecular weight excluding hydrogens is 381 g/mol. The lowest BCUT2D eigenvalue weighted by molar-refractivity contribution is 0.0902. The molecule has 2 aliphatic heterocycles. The van der Waals surface area contributed by atoms with Crippen LogP contribution >= 0.6 is 0 Å². The fourth-order valence-corrected chi connectivity index (χ4v) is 5.14. The Bertz CT molecular complexity index is 1110. The molecule has 2 atom stereocenters. The minimum Gasteiger partial charge on any atom is -0.484 e.